The summed E-state index contributed by atoms with van der Waals surface area (Å²) < 4.78 is 20.1. The van der Waals surface area contributed by atoms with E-state index in [1.54, 1.807) is 0 Å². The molecule has 3 N–H and O–H groups in total. The van der Waals surface area contributed by atoms with Crippen LogP contribution in [0.5, 0.6) is 5.88 Å². The Morgan fingerprint density at radius 3 is 3.00 bits per heavy atom. The summed E-state index contributed by atoms with van der Waals surface area (Å²) in [5.74, 6) is -1.78. The summed E-state index contributed by atoms with van der Waals surface area (Å²) in [6, 6.07) is 6.14. The van der Waals surface area contributed by atoms with Gasteiger partial charge in [0.15, 0.2) is 0 Å². The molecular formula is C14H8BrFN4O2. The van der Waals surface area contributed by atoms with Crippen molar-refractivity contribution in [1.82, 2.24) is 9.97 Å². The zero-order valence-electron chi connectivity index (χ0n) is 10.9. The maximum Gasteiger partial charge on any atom is 0.258 e. The highest BCUT2D eigenvalue weighted by Gasteiger charge is 2.35. The SMILES string of the molecule is N#CC1=C(N)Oc2nc[nH]c(=O)c2C1c1cc(Br)ccc1F. The molecule has 0 bridgehead atoms. The molecule has 1 unspecified atom stereocenters. The van der Waals surface area contributed by atoms with E-state index in [9.17, 15) is 14.4 Å². The number of aromatic nitrogens is 2. The molecule has 0 fully saturated rings. The summed E-state index contributed by atoms with van der Waals surface area (Å²) in [6.07, 6.45) is 1.15. The van der Waals surface area contributed by atoms with Gasteiger partial charge in [-0.2, -0.15) is 5.26 Å². The van der Waals surface area contributed by atoms with Crippen molar-refractivity contribution in [2.24, 2.45) is 5.73 Å². The zero-order valence-corrected chi connectivity index (χ0v) is 12.5. The van der Waals surface area contributed by atoms with Crippen LogP contribution in [0.15, 0.2) is 45.2 Å². The van der Waals surface area contributed by atoms with E-state index >= 15 is 0 Å². The predicted octanol–water partition coefficient (Wildman–Crippen LogP) is 1.89. The molecule has 0 amide bonds. The zero-order chi connectivity index (χ0) is 15.9. The molecule has 0 aliphatic carbocycles. The van der Waals surface area contributed by atoms with Crippen molar-refractivity contribution in [2.75, 3.05) is 0 Å². The van der Waals surface area contributed by atoms with Crippen LogP contribution in [0, 0.1) is 17.1 Å². The molecule has 0 radical (unpaired) electrons. The van der Waals surface area contributed by atoms with Crippen LogP contribution in [0.25, 0.3) is 0 Å². The molecule has 2 aromatic rings. The molecule has 0 spiro atoms. The molecule has 1 aliphatic heterocycles. The van der Waals surface area contributed by atoms with Gasteiger partial charge in [-0.05, 0) is 18.2 Å². The molecule has 1 aromatic heterocycles. The standard InChI is InChI=1S/C14H8BrFN4O2/c15-6-1-2-9(16)7(3-6)10-8(4-17)12(18)22-14-11(10)13(21)19-5-20-14/h1-3,5,10H,18H2,(H,19,20,21). The third-order valence-corrected chi connectivity index (χ3v) is 3.78. The number of allylic oxidation sites excluding steroid dienone is 1. The van der Waals surface area contributed by atoms with Gasteiger partial charge in [0.1, 0.15) is 17.5 Å². The van der Waals surface area contributed by atoms with Crippen LogP contribution >= 0.6 is 15.9 Å². The number of hydrogen-bond donors (Lipinski definition) is 2. The minimum absolute atomic E-state index is 0.0374. The maximum atomic E-state index is 14.2. The molecular weight excluding hydrogens is 355 g/mol. The van der Waals surface area contributed by atoms with Crippen molar-refractivity contribution < 1.29 is 9.13 Å². The highest BCUT2D eigenvalue weighted by atomic mass is 79.9. The molecule has 2 heterocycles. The number of aromatic amines is 1. The third-order valence-electron chi connectivity index (χ3n) is 3.29. The van der Waals surface area contributed by atoms with Gasteiger partial charge in [-0.1, -0.05) is 15.9 Å². The normalized spacial score (nSPS) is 16.7. The van der Waals surface area contributed by atoms with Crippen LogP contribution < -0.4 is 16.0 Å². The van der Waals surface area contributed by atoms with Crippen molar-refractivity contribution in [2.45, 2.75) is 5.92 Å². The number of rotatable bonds is 1. The lowest BCUT2D eigenvalue weighted by molar-refractivity contribution is 0.374. The van der Waals surface area contributed by atoms with E-state index in [4.69, 9.17) is 10.5 Å². The smallest absolute Gasteiger partial charge is 0.258 e. The van der Waals surface area contributed by atoms with E-state index in [1.165, 1.54) is 18.2 Å². The number of ether oxygens (including phenoxy) is 1. The predicted molar refractivity (Wildman–Crippen MR) is 78.3 cm³/mol. The number of nitrogens with one attached hydrogen (secondary N) is 1. The number of nitrogens with zero attached hydrogens (tertiary/aromatic N) is 2. The van der Waals surface area contributed by atoms with E-state index in [-0.39, 0.29) is 28.5 Å². The average molecular weight is 363 g/mol. The molecule has 6 nitrogen and oxygen atoms in total. The number of halogens is 2. The summed E-state index contributed by atoms with van der Waals surface area (Å²) in [7, 11) is 0. The van der Waals surface area contributed by atoms with E-state index in [1.807, 2.05) is 6.07 Å². The minimum Gasteiger partial charge on any atom is -0.422 e. The van der Waals surface area contributed by atoms with Gasteiger partial charge in [0.05, 0.1) is 17.8 Å². The summed E-state index contributed by atoms with van der Waals surface area (Å²) >= 11 is 3.25. The average Bonchev–Trinajstić information content (AvgIpc) is 2.48. The van der Waals surface area contributed by atoms with Gasteiger partial charge in [0, 0.05) is 10.0 Å². The Balaban J connectivity index is 2.36. The van der Waals surface area contributed by atoms with Gasteiger partial charge in [-0.15, -0.1) is 0 Å². The molecule has 1 aromatic carbocycles. The first kappa shape index (κ1) is 14.3. The largest absolute Gasteiger partial charge is 0.422 e. The first-order chi connectivity index (χ1) is 10.5. The fraction of sp³-hybridized carbons (Fsp3) is 0.0714. The topological polar surface area (TPSA) is 105 Å². The molecule has 1 aliphatic rings. The number of fused-ring (bicyclic) bond motifs is 1. The second-order valence-electron chi connectivity index (χ2n) is 4.54. The van der Waals surface area contributed by atoms with Crippen molar-refractivity contribution in [3.05, 3.63) is 67.8 Å². The minimum atomic E-state index is -0.983. The highest BCUT2D eigenvalue weighted by Crippen LogP contribution is 2.40. The summed E-state index contributed by atoms with van der Waals surface area (Å²) in [5, 5.41) is 9.34. The quantitative estimate of drug-likeness (QED) is 0.805. The van der Waals surface area contributed by atoms with Gasteiger partial charge < -0.3 is 15.5 Å². The maximum absolute atomic E-state index is 14.2. The Kier molecular flexibility index (Phi) is 3.42. The summed E-state index contributed by atoms with van der Waals surface area (Å²) in [6.45, 7) is 0. The molecule has 22 heavy (non-hydrogen) atoms. The molecule has 8 heteroatoms. The van der Waals surface area contributed by atoms with Gasteiger partial charge in [0.25, 0.3) is 5.56 Å². The Morgan fingerprint density at radius 2 is 2.27 bits per heavy atom. The van der Waals surface area contributed by atoms with Crippen LogP contribution in [0.1, 0.15) is 17.0 Å². The van der Waals surface area contributed by atoms with E-state index < -0.39 is 17.3 Å². The Hall–Kier alpha value is -2.66. The highest BCUT2D eigenvalue weighted by molar-refractivity contribution is 9.10. The molecule has 1 atom stereocenters. The second-order valence-corrected chi connectivity index (χ2v) is 5.46. The summed E-state index contributed by atoms with van der Waals surface area (Å²) in [4.78, 5) is 18.4. The van der Waals surface area contributed by atoms with Crippen LogP contribution in [-0.4, -0.2) is 9.97 Å². The van der Waals surface area contributed by atoms with Crippen molar-refractivity contribution >= 4 is 15.9 Å². The second kappa shape index (κ2) is 5.27. The third kappa shape index (κ3) is 2.16. The van der Waals surface area contributed by atoms with Crippen molar-refractivity contribution in [1.29, 1.82) is 5.26 Å². The van der Waals surface area contributed by atoms with Crippen LogP contribution in [0.2, 0.25) is 0 Å². The Bertz CT molecular complexity index is 900. The first-order valence-corrected chi connectivity index (χ1v) is 6.92. The van der Waals surface area contributed by atoms with Crippen LogP contribution in [0.4, 0.5) is 4.39 Å². The van der Waals surface area contributed by atoms with Crippen molar-refractivity contribution in [3.63, 3.8) is 0 Å². The number of hydrogen-bond acceptors (Lipinski definition) is 5. The van der Waals surface area contributed by atoms with Gasteiger partial charge in [-0.3, -0.25) is 4.79 Å². The monoisotopic (exact) mass is 362 g/mol. The lowest BCUT2D eigenvalue weighted by Gasteiger charge is -2.24. The van der Waals surface area contributed by atoms with E-state index in [0.29, 0.717) is 4.47 Å². The van der Waals surface area contributed by atoms with Crippen LogP contribution in [-0.2, 0) is 0 Å². The summed E-state index contributed by atoms with van der Waals surface area (Å²) in [5.41, 5.74) is 5.34. The number of nitrogens with two attached hydrogens (primary N) is 1. The molecule has 110 valence electrons. The lowest BCUT2D eigenvalue weighted by Crippen LogP contribution is -2.28. The molecule has 0 saturated carbocycles. The number of nitriles is 1. The fourth-order valence-electron chi connectivity index (χ4n) is 2.34. The Labute approximate surface area is 132 Å². The Morgan fingerprint density at radius 1 is 1.50 bits per heavy atom. The van der Waals surface area contributed by atoms with E-state index in [0.717, 1.165) is 6.33 Å². The first-order valence-electron chi connectivity index (χ1n) is 6.13. The molecule has 0 saturated heterocycles. The lowest BCUT2D eigenvalue weighted by atomic mass is 9.85. The fourth-order valence-corrected chi connectivity index (χ4v) is 2.72. The van der Waals surface area contributed by atoms with Gasteiger partial charge in [0.2, 0.25) is 11.8 Å². The van der Waals surface area contributed by atoms with Gasteiger partial charge in [-0.25, -0.2) is 9.37 Å². The number of benzene rings is 1. The number of H-pyrrole nitrogens is 1. The van der Waals surface area contributed by atoms with Crippen LogP contribution in [0.3, 0.4) is 0 Å². The van der Waals surface area contributed by atoms with Gasteiger partial charge >= 0.3 is 0 Å². The van der Waals surface area contributed by atoms with Crippen molar-refractivity contribution in [3.8, 4) is 11.9 Å². The molecule has 3 rings (SSSR count). The van der Waals surface area contributed by atoms with E-state index in [2.05, 4.69) is 25.9 Å².